The van der Waals surface area contributed by atoms with E-state index in [0.29, 0.717) is 28.3 Å². The van der Waals surface area contributed by atoms with Gasteiger partial charge in [0.2, 0.25) is 0 Å². The summed E-state index contributed by atoms with van der Waals surface area (Å²) >= 11 is 5.29. The van der Waals surface area contributed by atoms with Gasteiger partial charge in [-0.05, 0) is 86.9 Å². The van der Waals surface area contributed by atoms with Crippen molar-refractivity contribution in [3.8, 4) is 0 Å². The van der Waals surface area contributed by atoms with Gasteiger partial charge in [0, 0.05) is 16.7 Å². The van der Waals surface area contributed by atoms with Crippen molar-refractivity contribution < 1.29 is 19.1 Å². The number of carbonyl (C=O) groups is 3. The summed E-state index contributed by atoms with van der Waals surface area (Å²) < 4.78 is 9.69. The van der Waals surface area contributed by atoms with E-state index in [2.05, 4.69) is 35.2 Å². The molecule has 6 nitrogen and oxygen atoms in total. The van der Waals surface area contributed by atoms with Crippen LogP contribution in [0.2, 0.25) is 0 Å². The minimum Gasteiger partial charge on any atom is -0.461 e. The average Bonchev–Trinajstić information content (AvgIpc) is 3.36. The Balaban J connectivity index is 1.44. The fourth-order valence-corrected chi connectivity index (χ4v) is 8.28. The molecule has 0 amide bonds. The Morgan fingerprint density at radius 1 is 1.25 bits per heavy atom. The number of hydrogen-bond donors (Lipinski definition) is 1. The molecule has 1 aromatic heterocycles. The zero-order valence-electron chi connectivity index (χ0n) is 18.4. The number of ketones is 1. The van der Waals surface area contributed by atoms with Gasteiger partial charge in [-0.1, -0.05) is 23.1 Å². The number of hydrogen-bond acceptors (Lipinski definition) is 7. The maximum atomic E-state index is 12.7. The van der Waals surface area contributed by atoms with Gasteiger partial charge in [0.1, 0.15) is 0 Å². The van der Waals surface area contributed by atoms with E-state index in [9.17, 15) is 14.4 Å². The third-order valence-electron chi connectivity index (χ3n) is 8.88. The number of thiol groups is 1. The van der Waals surface area contributed by atoms with Gasteiger partial charge in [-0.3, -0.25) is 9.59 Å². The van der Waals surface area contributed by atoms with E-state index in [-0.39, 0.29) is 34.3 Å². The summed E-state index contributed by atoms with van der Waals surface area (Å²) in [5.41, 5.74) is 1.35. The van der Waals surface area contributed by atoms with E-state index in [4.69, 9.17) is 4.74 Å². The molecular formula is C24H28N2O4S2. The van der Waals surface area contributed by atoms with E-state index in [1.807, 2.05) is 6.08 Å². The predicted molar refractivity (Wildman–Crippen MR) is 123 cm³/mol. The maximum Gasteiger partial charge on any atom is 0.351 e. The van der Waals surface area contributed by atoms with Crippen LogP contribution in [0, 0.1) is 41.4 Å². The molecule has 4 aliphatic rings. The first-order valence-corrected chi connectivity index (χ1v) is 12.6. The first-order chi connectivity index (χ1) is 15.3. The Morgan fingerprint density at radius 2 is 2.06 bits per heavy atom. The van der Waals surface area contributed by atoms with Crippen LogP contribution in [-0.2, 0) is 14.3 Å². The highest BCUT2D eigenvalue weighted by molar-refractivity contribution is 7.96. The Labute approximate surface area is 197 Å². The summed E-state index contributed by atoms with van der Waals surface area (Å²) in [5.74, 6) is 0.662. The lowest BCUT2D eigenvalue weighted by atomic mass is 9.47. The molecule has 1 heterocycles. The molecule has 32 heavy (non-hydrogen) atoms. The van der Waals surface area contributed by atoms with Gasteiger partial charge in [0.25, 0.3) is 0 Å². The fraction of sp³-hybridized carbons (Fsp3) is 0.625. The summed E-state index contributed by atoms with van der Waals surface area (Å²) in [7, 11) is 0. The summed E-state index contributed by atoms with van der Waals surface area (Å²) in [6.07, 6.45) is 11.1. The van der Waals surface area contributed by atoms with Crippen LogP contribution in [0.5, 0.6) is 0 Å². The standard InChI is InChI=1S/C24H28N2O4S2/c1-13-20(32-26-25-13)21(28)30-12-24-10-8-17-16(18(24)5-6-19(24)22(29)31)4-3-14-11-15(27)7-9-23(14,17)2/h7,9,11,16-19H,3-6,8,10,12H2,1-2H3,(H,29,31)/t16-,17+,18+,19-,23+,24-/m1/s1. The van der Waals surface area contributed by atoms with Crippen LogP contribution in [0.1, 0.15) is 60.8 Å². The van der Waals surface area contributed by atoms with E-state index in [0.717, 1.165) is 50.1 Å². The normalized spacial score (nSPS) is 37.8. The fourth-order valence-electron chi connectivity index (χ4n) is 7.34. The molecule has 3 fully saturated rings. The summed E-state index contributed by atoms with van der Waals surface area (Å²) in [6, 6.07) is 0. The molecule has 6 atom stereocenters. The van der Waals surface area contributed by atoms with Gasteiger partial charge in [-0.15, -0.1) is 17.7 Å². The average molecular weight is 473 g/mol. The topological polar surface area (TPSA) is 86.2 Å². The Hall–Kier alpha value is -1.80. The smallest absolute Gasteiger partial charge is 0.351 e. The van der Waals surface area contributed by atoms with Gasteiger partial charge < -0.3 is 4.74 Å². The van der Waals surface area contributed by atoms with Crippen LogP contribution >= 0.6 is 24.2 Å². The lowest BCUT2D eigenvalue weighted by Crippen LogP contribution is -2.53. The molecule has 0 N–H and O–H groups in total. The molecule has 0 spiro atoms. The molecule has 8 heteroatoms. The minimum atomic E-state index is -0.403. The van der Waals surface area contributed by atoms with E-state index >= 15 is 0 Å². The van der Waals surface area contributed by atoms with Crippen molar-refractivity contribution in [3.05, 3.63) is 34.4 Å². The molecular weight excluding hydrogens is 444 g/mol. The molecule has 5 rings (SSSR count). The Morgan fingerprint density at radius 3 is 2.78 bits per heavy atom. The van der Waals surface area contributed by atoms with Crippen molar-refractivity contribution in [3.63, 3.8) is 0 Å². The zero-order chi connectivity index (χ0) is 22.7. The van der Waals surface area contributed by atoms with Crippen LogP contribution < -0.4 is 0 Å². The highest BCUT2D eigenvalue weighted by Gasteiger charge is 2.62. The third kappa shape index (κ3) is 3.24. The molecule has 0 radical (unpaired) electrons. The summed E-state index contributed by atoms with van der Waals surface area (Å²) in [6.45, 7) is 4.25. The van der Waals surface area contributed by atoms with Crippen LogP contribution in [0.15, 0.2) is 23.8 Å². The number of aryl methyl sites for hydroxylation is 1. The second-order valence-corrected chi connectivity index (χ2v) is 11.3. The number of nitrogens with zero attached hydrogens (tertiary/aromatic N) is 2. The van der Waals surface area contributed by atoms with Crippen LogP contribution in [0.4, 0.5) is 0 Å². The van der Waals surface area contributed by atoms with Gasteiger partial charge in [0.05, 0.1) is 12.3 Å². The first-order valence-electron chi connectivity index (χ1n) is 11.4. The van der Waals surface area contributed by atoms with Crippen molar-refractivity contribution in [2.45, 2.75) is 52.4 Å². The molecule has 3 saturated carbocycles. The van der Waals surface area contributed by atoms with Gasteiger partial charge in [0.15, 0.2) is 15.8 Å². The quantitative estimate of drug-likeness (QED) is 0.518. The second-order valence-electron chi connectivity index (χ2n) is 10.1. The van der Waals surface area contributed by atoms with Crippen LogP contribution in [0.3, 0.4) is 0 Å². The van der Waals surface area contributed by atoms with Crippen LogP contribution in [-0.4, -0.2) is 33.1 Å². The molecule has 0 saturated heterocycles. The molecule has 170 valence electrons. The van der Waals surface area contributed by atoms with Crippen molar-refractivity contribution in [1.29, 1.82) is 0 Å². The zero-order valence-corrected chi connectivity index (χ0v) is 20.1. The van der Waals surface area contributed by atoms with Gasteiger partial charge in [-0.25, -0.2) is 4.79 Å². The number of rotatable bonds is 4. The number of ether oxygens (including phenoxy) is 1. The highest BCUT2D eigenvalue weighted by atomic mass is 32.1. The minimum absolute atomic E-state index is 0.0856. The molecule has 0 aromatic carbocycles. The molecule has 0 aliphatic heterocycles. The lowest BCUT2D eigenvalue weighted by Gasteiger charge is -2.57. The maximum absolute atomic E-state index is 12.7. The third-order valence-corrected chi connectivity index (χ3v) is 10.00. The first kappa shape index (κ1) is 22.0. The van der Waals surface area contributed by atoms with Crippen molar-refractivity contribution >= 4 is 41.0 Å². The van der Waals surface area contributed by atoms with Crippen molar-refractivity contribution in [2.75, 3.05) is 6.61 Å². The van der Waals surface area contributed by atoms with Crippen molar-refractivity contribution in [2.24, 2.45) is 34.5 Å². The number of allylic oxidation sites excluding steroid dienone is 4. The number of esters is 1. The number of aromatic nitrogens is 2. The van der Waals surface area contributed by atoms with E-state index in [1.54, 1.807) is 13.0 Å². The second kappa shape index (κ2) is 7.90. The lowest BCUT2D eigenvalue weighted by molar-refractivity contribution is -0.126. The SMILES string of the molecule is Cc1nnsc1C(=O)OC[C@]12CC[C@H]3[C@@H](CCC4=CC(=O)C=C[C@@]43C)[C@@H]1CC[C@@H]2C(=O)S. The predicted octanol–water partition coefficient (Wildman–Crippen LogP) is 4.36. The van der Waals surface area contributed by atoms with E-state index in [1.165, 1.54) is 5.57 Å². The molecule has 0 bridgehead atoms. The monoisotopic (exact) mass is 472 g/mol. The van der Waals surface area contributed by atoms with Crippen molar-refractivity contribution in [1.82, 2.24) is 9.59 Å². The number of fused-ring (bicyclic) bond motifs is 5. The molecule has 0 unspecified atom stereocenters. The van der Waals surface area contributed by atoms with E-state index < -0.39 is 5.97 Å². The van der Waals surface area contributed by atoms with Gasteiger partial charge in [-0.2, -0.15) is 0 Å². The Kier molecular flexibility index (Phi) is 5.44. The largest absolute Gasteiger partial charge is 0.461 e. The van der Waals surface area contributed by atoms with Crippen LogP contribution in [0.25, 0.3) is 0 Å². The summed E-state index contributed by atoms with van der Waals surface area (Å²) in [5, 5.41) is 3.82. The Bertz CT molecular complexity index is 1050. The summed E-state index contributed by atoms with van der Waals surface area (Å²) in [4.78, 5) is 37.7. The molecule has 1 aromatic rings. The number of carbonyl (C=O) groups excluding carboxylic acids is 3. The molecule has 4 aliphatic carbocycles. The van der Waals surface area contributed by atoms with Gasteiger partial charge >= 0.3 is 5.97 Å². The highest BCUT2D eigenvalue weighted by Crippen LogP contribution is 2.66.